The predicted octanol–water partition coefficient (Wildman–Crippen LogP) is 2.17. The Morgan fingerprint density at radius 3 is 3.06 bits per heavy atom. The smallest absolute Gasteiger partial charge is 0.129 e. The van der Waals surface area contributed by atoms with Gasteiger partial charge < -0.3 is 10.2 Å². The van der Waals surface area contributed by atoms with Crippen molar-refractivity contribution in [3.05, 3.63) is 23.5 Å². The van der Waals surface area contributed by atoms with Crippen molar-refractivity contribution in [2.45, 2.75) is 12.8 Å². The minimum atomic E-state index is 0.575. The highest BCUT2D eigenvalue weighted by atomic mass is 35.5. The number of hydrogen-bond acceptors (Lipinski definition) is 3. The van der Waals surface area contributed by atoms with Crippen molar-refractivity contribution in [3.63, 3.8) is 0 Å². The number of nitrogens with one attached hydrogen (secondary N) is 1. The summed E-state index contributed by atoms with van der Waals surface area (Å²) in [5.74, 6) is 1.72. The van der Waals surface area contributed by atoms with E-state index in [1.54, 1.807) is 0 Å². The summed E-state index contributed by atoms with van der Waals surface area (Å²) >= 11 is 5.82. The highest BCUT2D eigenvalue weighted by molar-refractivity contribution is 6.29. The Morgan fingerprint density at radius 1 is 1.29 bits per heavy atom. The second kappa shape index (κ2) is 4.83. The van der Waals surface area contributed by atoms with Crippen LogP contribution in [-0.4, -0.2) is 31.2 Å². The quantitative estimate of drug-likeness (QED) is 0.776. The Kier molecular flexibility index (Phi) is 3.21. The SMILES string of the molecule is Clc1ccc(N2CCC3CNCCC3C2)cn1. The van der Waals surface area contributed by atoms with Gasteiger partial charge in [-0.05, 0) is 49.9 Å². The molecule has 0 spiro atoms. The number of halogens is 1. The molecule has 2 aliphatic rings. The molecule has 17 heavy (non-hydrogen) atoms. The number of hydrogen-bond donors (Lipinski definition) is 1. The number of nitrogens with zero attached hydrogens (tertiary/aromatic N) is 2. The summed E-state index contributed by atoms with van der Waals surface area (Å²) < 4.78 is 0. The first-order valence-corrected chi connectivity index (χ1v) is 6.78. The van der Waals surface area contributed by atoms with Crippen LogP contribution in [-0.2, 0) is 0 Å². The molecule has 2 saturated heterocycles. The molecule has 1 N–H and O–H groups in total. The monoisotopic (exact) mass is 251 g/mol. The Morgan fingerprint density at radius 2 is 2.24 bits per heavy atom. The molecule has 0 bridgehead atoms. The molecular formula is C13H18ClN3. The van der Waals surface area contributed by atoms with E-state index in [0.29, 0.717) is 5.15 Å². The van der Waals surface area contributed by atoms with Crippen LogP contribution in [0, 0.1) is 11.8 Å². The van der Waals surface area contributed by atoms with Gasteiger partial charge in [0, 0.05) is 13.1 Å². The molecule has 1 aromatic heterocycles. The zero-order valence-electron chi connectivity index (χ0n) is 9.90. The number of pyridine rings is 1. The van der Waals surface area contributed by atoms with Crippen LogP contribution < -0.4 is 10.2 Å². The first-order chi connectivity index (χ1) is 8.33. The molecule has 0 saturated carbocycles. The first kappa shape index (κ1) is 11.3. The van der Waals surface area contributed by atoms with Crippen molar-refractivity contribution in [2.75, 3.05) is 31.1 Å². The molecule has 92 valence electrons. The molecule has 0 radical (unpaired) electrons. The van der Waals surface area contributed by atoms with Gasteiger partial charge in [-0.2, -0.15) is 0 Å². The van der Waals surface area contributed by atoms with Crippen LogP contribution in [0.1, 0.15) is 12.8 Å². The lowest BCUT2D eigenvalue weighted by atomic mass is 9.81. The van der Waals surface area contributed by atoms with E-state index in [9.17, 15) is 0 Å². The summed E-state index contributed by atoms with van der Waals surface area (Å²) in [5.41, 5.74) is 1.21. The van der Waals surface area contributed by atoms with E-state index in [4.69, 9.17) is 11.6 Å². The minimum absolute atomic E-state index is 0.575. The second-order valence-electron chi connectivity index (χ2n) is 5.09. The predicted molar refractivity (Wildman–Crippen MR) is 70.5 cm³/mol. The van der Waals surface area contributed by atoms with E-state index in [1.807, 2.05) is 12.3 Å². The summed E-state index contributed by atoms with van der Waals surface area (Å²) in [5, 5.41) is 4.07. The Hall–Kier alpha value is -0.800. The Bertz CT molecular complexity index is 379. The van der Waals surface area contributed by atoms with Crippen molar-refractivity contribution in [2.24, 2.45) is 11.8 Å². The maximum atomic E-state index is 5.82. The highest BCUT2D eigenvalue weighted by Crippen LogP contribution is 2.30. The minimum Gasteiger partial charge on any atom is -0.370 e. The van der Waals surface area contributed by atoms with Gasteiger partial charge in [-0.15, -0.1) is 0 Å². The topological polar surface area (TPSA) is 28.2 Å². The molecule has 0 aromatic carbocycles. The third kappa shape index (κ3) is 2.40. The Balaban J connectivity index is 1.71. The standard InChI is InChI=1S/C13H18ClN3/c14-13-2-1-12(8-16-13)17-6-4-10-7-15-5-3-11(10)9-17/h1-2,8,10-11,15H,3-7,9H2. The van der Waals surface area contributed by atoms with E-state index in [-0.39, 0.29) is 0 Å². The number of fused-ring (bicyclic) bond motifs is 1. The van der Waals surface area contributed by atoms with Gasteiger partial charge in [0.25, 0.3) is 0 Å². The highest BCUT2D eigenvalue weighted by Gasteiger charge is 2.31. The summed E-state index contributed by atoms with van der Waals surface area (Å²) in [6.45, 7) is 4.70. The number of piperidine rings is 2. The molecule has 2 atom stereocenters. The molecule has 2 unspecified atom stereocenters. The summed E-state index contributed by atoms with van der Waals surface area (Å²) in [6.07, 6.45) is 4.49. The molecule has 1 aromatic rings. The van der Waals surface area contributed by atoms with Crippen molar-refractivity contribution in [1.29, 1.82) is 0 Å². The van der Waals surface area contributed by atoms with E-state index in [0.717, 1.165) is 18.4 Å². The number of anilines is 1. The van der Waals surface area contributed by atoms with E-state index < -0.39 is 0 Å². The van der Waals surface area contributed by atoms with Gasteiger partial charge >= 0.3 is 0 Å². The normalized spacial score (nSPS) is 28.9. The van der Waals surface area contributed by atoms with Crippen LogP contribution in [0.4, 0.5) is 5.69 Å². The maximum absolute atomic E-state index is 5.82. The van der Waals surface area contributed by atoms with Crippen LogP contribution >= 0.6 is 11.6 Å². The molecule has 4 heteroatoms. The maximum Gasteiger partial charge on any atom is 0.129 e. The van der Waals surface area contributed by atoms with Crippen LogP contribution in [0.15, 0.2) is 18.3 Å². The van der Waals surface area contributed by atoms with Crippen LogP contribution in [0.3, 0.4) is 0 Å². The van der Waals surface area contributed by atoms with Gasteiger partial charge in [0.05, 0.1) is 11.9 Å². The fourth-order valence-corrected chi connectivity index (χ4v) is 3.15. The van der Waals surface area contributed by atoms with Gasteiger partial charge in [0.15, 0.2) is 0 Å². The average Bonchev–Trinajstić information content (AvgIpc) is 2.39. The zero-order valence-corrected chi connectivity index (χ0v) is 10.7. The van der Waals surface area contributed by atoms with Gasteiger partial charge in [-0.3, -0.25) is 0 Å². The van der Waals surface area contributed by atoms with Gasteiger partial charge in [0.2, 0.25) is 0 Å². The van der Waals surface area contributed by atoms with E-state index >= 15 is 0 Å². The molecular weight excluding hydrogens is 234 g/mol. The Labute approximate surface area is 107 Å². The van der Waals surface area contributed by atoms with Gasteiger partial charge in [-0.25, -0.2) is 4.98 Å². The molecule has 3 heterocycles. The fourth-order valence-electron chi connectivity index (χ4n) is 3.04. The number of aromatic nitrogens is 1. The van der Waals surface area contributed by atoms with Crippen molar-refractivity contribution < 1.29 is 0 Å². The second-order valence-corrected chi connectivity index (χ2v) is 5.47. The largest absolute Gasteiger partial charge is 0.370 e. The molecule has 2 fully saturated rings. The molecule has 3 rings (SSSR count). The van der Waals surface area contributed by atoms with Gasteiger partial charge in [-0.1, -0.05) is 11.6 Å². The van der Waals surface area contributed by atoms with Crippen LogP contribution in [0.2, 0.25) is 5.15 Å². The summed E-state index contributed by atoms with van der Waals surface area (Å²) in [6, 6.07) is 3.96. The van der Waals surface area contributed by atoms with E-state index in [1.165, 1.54) is 38.2 Å². The fraction of sp³-hybridized carbons (Fsp3) is 0.615. The summed E-state index contributed by atoms with van der Waals surface area (Å²) in [4.78, 5) is 6.62. The molecule has 3 nitrogen and oxygen atoms in total. The average molecular weight is 252 g/mol. The lowest BCUT2D eigenvalue weighted by molar-refractivity contribution is 0.218. The van der Waals surface area contributed by atoms with Crippen molar-refractivity contribution in [1.82, 2.24) is 10.3 Å². The molecule has 0 amide bonds. The van der Waals surface area contributed by atoms with Crippen LogP contribution in [0.25, 0.3) is 0 Å². The van der Waals surface area contributed by atoms with E-state index in [2.05, 4.69) is 21.3 Å². The lowest BCUT2D eigenvalue weighted by Gasteiger charge is -2.42. The third-order valence-electron chi connectivity index (χ3n) is 4.07. The lowest BCUT2D eigenvalue weighted by Crippen LogP contribution is -2.48. The summed E-state index contributed by atoms with van der Waals surface area (Å²) in [7, 11) is 0. The van der Waals surface area contributed by atoms with Gasteiger partial charge in [0.1, 0.15) is 5.15 Å². The molecule has 0 aliphatic carbocycles. The van der Waals surface area contributed by atoms with Crippen molar-refractivity contribution in [3.8, 4) is 0 Å². The van der Waals surface area contributed by atoms with Crippen molar-refractivity contribution >= 4 is 17.3 Å². The molecule has 2 aliphatic heterocycles. The third-order valence-corrected chi connectivity index (χ3v) is 4.29. The van der Waals surface area contributed by atoms with Crippen LogP contribution in [0.5, 0.6) is 0 Å². The first-order valence-electron chi connectivity index (χ1n) is 6.40. The number of rotatable bonds is 1. The zero-order chi connectivity index (χ0) is 11.7.